The van der Waals surface area contributed by atoms with E-state index in [2.05, 4.69) is 5.32 Å². The molecule has 0 aromatic heterocycles. The van der Waals surface area contributed by atoms with Crippen molar-refractivity contribution in [2.24, 2.45) is 0 Å². The Morgan fingerprint density at radius 2 is 1.53 bits per heavy atom. The molecule has 9 nitrogen and oxygen atoms in total. The van der Waals surface area contributed by atoms with Gasteiger partial charge in [-0.1, -0.05) is 24.3 Å². The van der Waals surface area contributed by atoms with E-state index in [0.29, 0.717) is 0 Å². The highest BCUT2D eigenvalue weighted by Gasteiger charge is 2.36. The third kappa shape index (κ3) is 3.29. The lowest BCUT2D eigenvalue weighted by molar-refractivity contribution is 0.0697. The fourth-order valence-electron chi connectivity index (χ4n) is 3.56. The normalized spacial score (nSPS) is 12.8. The first-order valence-corrected chi connectivity index (χ1v) is 10.4. The highest BCUT2D eigenvalue weighted by Crippen LogP contribution is 2.40. The summed E-state index contributed by atoms with van der Waals surface area (Å²) >= 11 is 0. The zero-order chi connectivity index (χ0) is 23.4. The number of carboxylic acid groups (broad SMARTS) is 1. The molecule has 0 amide bonds. The van der Waals surface area contributed by atoms with Crippen LogP contribution in [0.3, 0.4) is 0 Å². The van der Waals surface area contributed by atoms with Crippen molar-refractivity contribution >= 4 is 44.7 Å². The fourth-order valence-corrected chi connectivity index (χ4v) is 4.20. The number of anilines is 3. The Kier molecular flexibility index (Phi) is 4.79. The van der Waals surface area contributed by atoms with Crippen LogP contribution in [0.5, 0.6) is 0 Å². The summed E-state index contributed by atoms with van der Waals surface area (Å²) in [5, 5.41) is 11.9. The van der Waals surface area contributed by atoms with Crippen LogP contribution in [0.4, 0.5) is 21.5 Å². The number of hydrogen-bond acceptors (Lipinski definition) is 7. The molecular weight excluding hydrogens is 443 g/mol. The predicted molar refractivity (Wildman–Crippen MR) is 111 cm³/mol. The van der Waals surface area contributed by atoms with Gasteiger partial charge in [-0.2, -0.15) is 8.42 Å². The van der Waals surface area contributed by atoms with Crippen molar-refractivity contribution in [1.29, 1.82) is 0 Å². The summed E-state index contributed by atoms with van der Waals surface area (Å²) in [5.41, 5.74) is 3.37. The molecule has 5 N–H and O–H groups in total. The number of nitrogens with two attached hydrogens (primary N) is 1. The molecule has 0 radical (unpaired) electrons. The highest BCUT2D eigenvalue weighted by atomic mass is 32.2. The number of nitrogen functional groups attached to an aromatic ring is 1. The van der Waals surface area contributed by atoms with E-state index in [9.17, 15) is 36.9 Å². The van der Waals surface area contributed by atoms with Gasteiger partial charge in [0.1, 0.15) is 10.7 Å². The first-order valence-electron chi connectivity index (χ1n) is 8.93. The van der Waals surface area contributed by atoms with Crippen molar-refractivity contribution in [2.75, 3.05) is 11.1 Å². The van der Waals surface area contributed by atoms with E-state index in [0.717, 1.165) is 24.3 Å². The molecule has 0 saturated heterocycles. The molecule has 0 atom stereocenters. The van der Waals surface area contributed by atoms with Gasteiger partial charge in [0.25, 0.3) is 10.1 Å². The van der Waals surface area contributed by atoms with Crippen molar-refractivity contribution < 1.29 is 36.9 Å². The molecule has 0 bridgehead atoms. The predicted octanol–water partition coefficient (Wildman–Crippen LogP) is 2.87. The van der Waals surface area contributed by atoms with Gasteiger partial charge in [0.2, 0.25) is 0 Å². The van der Waals surface area contributed by atoms with Crippen LogP contribution in [0.2, 0.25) is 0 Å². The Morgan fingerprint density at radius 3 is 2.09 bits per heavy atom. The summed E-state index contributed by atoms with van der Waals surface area (Å²) in [6.07, 6.45) is 0. The van der Waals surface area contributed by atoms with Crippen LogP contribution in [0.25, 0.3) is 0 Å². The van der Waals surface area contributed by atoms with Crippen LogP contribution in [0.1, 0.15) is 42.2 Å². The molecule has 0 heterocycles. The number of aromatic carboxylic acids is 1. The molecule has 1 aliphatic carbocycles. The number of hydrogen-bond donors (Lipinski definition) is 4. The minimum Gasteiger partial charge on any atom is -0.478 e. The third-order valence-corrected chi connectivity index (χ3v) is 5.85. The van der Waals surface area contributed by atoms with E-state index in [1.807, 2.05) is 0 Å². The van der Waals surface area contributed by atoms with E-state index in [1.54, 1.807) is 0 Å². The zero-order valence-electron chi connectivity index (χ0n) is 15.9. The largest absolute Gasteiger partial charge is 0.478 e. The van der Waals surface area contributed by atoms with Crippen LogP contribution in [-0.4, -0.2) is 35.6 Å². The standard InChI is InChI=1S/C21H13FN2O7S/c22-9-5-6-12(21(27)28)13(7-9)24-14-8-15(32(29,30)31)18(23)17-16(14)19(25)10-3-1-2-4-11(10)20(17)26/h1-8,24H,23H2,(H,27,28)(H,29,30,31). The van der Waals surface area contributed by atoms with E-state index in [4.69, 9.17) is 5.73 Å². The van der Waals surface area contributed by atoms with Gasteiger partial charge in [0.15, 0.2) is 11.6 Å². The molecule has 0 unspecified atom stereocenters. The maximum atomic E-state index is 13.8. The smallest absolute Gasteiger partial charge is 0.337 e. The Balaban J connectivity index is 2.05. The number of halogens is 1. The maximum Gasteiger partial charge on any atom is 0.337 e. The van der Waals surface area contributed by atoms with Crippen LogP contribution in [0, 0.1) is 5.82 Å². The second-order valence-electron chi connectivity index (χ2n) is 6.88. The Labute approximate surface area is 180 Å². The van der Waals surface area contributed by atoms with Crippen molar-refractivity contribution in [3.63, 3.8) is 0 Å². The summed E-state index contributed by atoms with van der Waals surface area (Å²) in [4.78, 5) is 37.0. The molecule has 1 aliphatic rings. The van der Waals surface area contributed by atoms with Crippen molar-refractivity contribution in [3.05, 3.63) is 82.2 Å². The number of carboxylic acids is 1. The topological polar surface area (TPSA) is 164 Å². The van der Waals surface area contributed by atoms with Gasteiger partial charge in [-0.15, -0.1) is 0 Å². The van der Waals surface area contributed by atoms with Crippen molar-refractivity contribution in [1.82, 2.24) is 0 Å². The van der Waals surface area contributed by atoms with Gasteiger partial charge in [0.05, 0.1) is 33.8 Å². The number of rotatable bonds is 4. The lowest BCUT2D eigenvalue weighted by atomic mass is 9.82. The van der Waals surface area contributed by atoms with Crippen LogP contribution in [0.15, 0.2) is 53.4 Å². The maximum absolute atomic E-state index is 13.8. The second kappa shape index (κ2) is 7.25. The molecule has 3 aromatic carbocycles. The minimum absolute atomic E-state index is 0.0183. The molecule has 11 heteroatoms. The summed E-state index contributed by atoms with van der Waals surface area (Å²) in [7, 11) is -4.95. The van der Waals surface area contributed by atoms with Gasteiger partial charge < -0.3 is 16.2 Å². The monoisotopic (exact) mass is 456 g/mol. The lowest BCUT2D eigenvalue weighted by Crippen LogP contribution is -2.25. The van der Waals surface area contributed by atoms with Crippen molar-refractivity contribution in [3.8, 4) is 0 Å². The number of ketones is 2. The first-order chi connectivity index (χ1) is 15.0. The second-order valence-corrected chi connectivity index (χ2v) is 8.27. The van der Waals surface area contributed by atoms with Crippen LogP contribution < -0.4 is 11.1 Å². The number of nitrogens with one attached hydrogen (secondary N) is 1. The number of carbonyl (C=O) groups excluding carboxylic acids is 2. The molecule has 0 saturated carbocycles. The first kappa shape index (κ1) is 21.2. The number of fused-ring (bicyclic) bond motifs is 2. The summed E-state index contributed by atoms with van der Waals surface area (Å²) in [6.45, 7) is 0. The molecule has 0 aliphatic heterocycles. The Hall–Kier alpha value is -4.09. The Morgan fingerprint density at radius 1 is 0.938 bits per heavy atom. The van der Waals surface area contributed by atoms with E-state index in [1.165, 1.54) is 24.3 Å². The minimum atomic E-state index is -4.95. The highest BCUT2D eigenvalue weighted by molar-refractivity contribution is 7.86. The van der Waals surface area contributed by atoms with Gasteiger partial charge >= 0.3 is 5.97 Å². The van der Waals surface area contributed by atoms with Gasteiger partial charge in [-0.3, -0.25) is 14.1 Å². The molecule has 4 rings (SSSR count). The van der Waals surface area contributed by atoms with Gasteiger partial charge in [-0.25, -0.2) is 9.18 Å². The summed E-state index contributed by atoms with van der Waals surface area (Å²) in [5.74, 6) is -3.71. The Bertz CT molecular complexity index is 1470. The van der Waals surface area contributed by atoms with Gasteiger partial charge in [0, 0.05) is 11.1 Å². The van der Waals surface area contributed by atoms with Crippen LogP contribution >= 0.6 is 0 Å². The van der Waals surface area contributed by atoms with E-state index < -0.39 is 49.6 Å². The van der Waals surface area contributed by atoms with Crippen LogP contribution in [-0.2, 0) is 10.1 Å². The average molecular weight is 456 g/mol. The quantitative estimate of drug-likeness (QED) is 0.267. The number of benzene rings is 3. The molecule has 0 spiro atoms. The summed E-state index contributed by atoms with van der Waals surface area (Å²) in [6, 6.07) is 9.26. The van der Waals surface area contributed by atoms with E-state index >= 15 is 0 Å². The molecular formula is C21H13FN2O7S. The SMILES string of the molecule is Nc1c(S(=O)(=O)O)cc(Nc2cc(F)ccc2C(=O)O)c2c1C(=O)c1ccccc1C2=O. The zero-order valence-corrected chi connectivity index (χ0v) is 16.7. The molecule has 3 aromatic rings. The van der Waals surface area contributed by atoms with Crippen molar-refractivity contribution in [2.45, 2.75) is 4.90 Å². The summed E-state index contributed by atoms with van der Waals surface area (Å²) < 4.78 is 47.2. The molecule has 32 heavy (non-hydrogen) atoms. The third-order valence-electron chi connectivity index (χ3n) is 4.96. The van der Waals surface area contributed by atoms with Gasteiger partial charge in [-0.05, 0) is 24.3 Å². The average Bonchev–Trinajstić information content (AvgIpc) is 2.72. The fraction of sp³-hybridized carbons (Fsp3) is 0. The lowest BCUT2D eigenvalue weighted by Gasteiger charge is -2.24. The van der Waals surface area contributed by atoms with E-state index in [-0.39, 0.29) is 33.6 Å². The molecule has 0 fully saturated rings. The number of carbonyl (C=O) groups is 3. The molecule has 162 valence electrons.